The minimum absolute atomic E-state index is 0.0956. The Morgan fingerprint density at radius 2 is 1.90 bits per heavy atom. The van der Waals surface area contributed by atoms with Crippen molar-refractivity contribution in [2.45, 2.75) is 51.5 Å². The number of H-pyrrole nitrogens is 1. The van der Waals surface area contributed by atoms with Gasteiger partial charge in [-0.05, 0) is 62.6 Å². The Bertz CT molecular complexity index is 842. The summed E-state index contributed by atoms with van der Waals surface area (Å²) in [5, 5.41) is 10.3. The van der Waals surface area contributed by atoms with E-state index < -0.39 is 0 Å². The fourth-order valence-corrected chi connectivity index (χ4v) is 4.37. The maximum Gasteiger partial charge on any atom is 0.271 e. The molecule has 2 aromatic rings. The second-order valence-electron chi connectivity index (χ2n) is 8.46. The topological polar surface area (TPSA) is 91.0 Å². The summed E-state index contributed by atoms with van der Waals surface area (Å²) in [4.78, 5) is 31.5. The summed E-state index contributed by atoms with van der Waals surface area (Å²) in [5.74, 6) is 0.637. The first-order valence-corrected chi connectivity index (χ1v) is 10.7. The van der Waals surface area contributed by atoms with E-state index in [9.17, 15) is 9.59 Å². The van der Waals surface area contributed by atoms with Crippen LogP contribution in [-0.2, 0) is 4.79 Å². The third-order valence-corrected chi connectivity index (χ3v) is 6.23. The molecule has 7 heteroatoms. The molecule has 1 saturated carbocycles. The van der Waals surface area contributed by atoms with Crippen molar-refractivity contribution in [1.82, 2.24) is 25.4 Å². The molecule has 2 aliphatic rings. The summed E-state index contributed by atoms with van der Waals surface area (Å²) >= 11 is 0. The molecule has 0 unspecified atom stereocenters. The smallest absolute Gasteiger partial charge is 0.271 e. The van der Waals surface area contributed by atoms with Crippen LogP contribution in [0.2, 0.25) is 0 Å². The van der Waals surface area contributed by atoms with Gasteiger partial charge in [-0.3, -0.25) is 19.7 Å². The molecule has 0 radical (unpaired) electrons. The lowest BCUT2D eigenvalue weighted by Crippen LogP contribution is -2.48. The maximum absolute atomic E-state index is 12.9. The molecule has 1 aliphatic carbocycles. The van der Waals surface area contributed by atoms with Gasteiger partial charge in [0.2, 0.25) is 5.91 Å². The van der Waals surface area contributed by atoms with Gasteiger partial charge in [-0.15, -0.1) is 0 Å². The second kappa shape index (κ2) is 8.76. The van der Waals surface area contributed by atoms with E-state index in [1.165, 1.54) is 12.8 Å². The molecule has 7 nitrogen and oxygen atoms in total. The predicted octanol–water partition coefficient (Wildman–Crippen LogP) is 3.02. The number of nitrogens with one attached hydrogen (secondary N) is 2. The lowest BCUT2D eigenvalue weighted by atomic mass is 9.87. The normalized spacial score (nSPS) is 24.9. The van der Waals surface area contributed by atoms with Crippen molar-refractivity contribution in [2.75, 3.05) is 13.1 Å². The van der Waals surface area contributed by atoms with Gasteiger partial charge in [-0.2, -0.15) is 5.10 Å². The number of amides is 2. The molecule has 2 aromatic heterocycles. The first kappa shape index (κ1) is 19.6. The standard InChI is InChI=1S/C22H29N5O2/c1-15-4-6-18(7-5-15)24-21(28)17-3-2-12-27(14-17)22(29)20-13-19(25-26-20)16-8-10-23-11-9-16/h8-11,13,15,17-18H,2-7,12,14H2,1H3,(H,24,28)(H,25,26)/t15?,17-,18?/m0/s1. The van der Waals surface area contributed by atoms with E-state index in [-0.39, 0.29) is 17.7 Å². The summed E-state index contributed by atoms with van der Waals surface area (Å²) in [7, 11) is 0. The van der Waals surface area contributed by atoms with E-state index in [4.69, 9.17) is 0 Å². The van der Waals surface area contributed by atoms with Crippen LogP contribution in [0.15, 0.2) is 30.6 Å². The zero-order valence-corrected chi connectivity index (χ0v) is 16.9. The van der Waals surface area contributed by atoms with Crippen LogP contribution in [0.3, 0.4) is 0 Å². The molecule has 0 bridgehead atoms. The number of aromatic nitrogens is 3. The van der Waals surface area contributed by atoms with Crippen molar-refractivity contribution < 1.29 is 9.59 Å². The second-order valence-corrected chi connectivity index (χ2v) is 8.46. The highest BCUT2D eigenvalue weighted by Crippen LogP contribution is 2.25. The van der Waals surface area contributed by atoms with Crippen molar-refractivity contribution in [3.05, 3.63) is 36.3 Å². The highest BCUT2D eigenvalue weighted by molar-refractivity contribution is 5.94. The van der Waals surface area contributed by atoms with Crippen molar-refractivity contribution in [3.8, 4) is 11.3 Å². The monoisotopic (exact) mass is 395 g/mol. The molecule has 4 rings (SSSR count). The van der Waals surface area contributed by atoms with Crippen LogP contribution < -0.4 is 5.32 Å². The molecule has 2 amide bonds. The number of likely N-dealkylation sites (tertiary alicyclic amines) is 1. The Morgan fingerprint density at radius 1 is 1.14 bits per heavy atom. The Kier molecular flexibility index (Phi) is 5.92. The largest absolute Gasteiger partial charge is 0.353 e. The zero-order chi connectivity index (χ0) is 20.2. The van der Waals surface area contributed by atoms with Gasteiger partial charge in [0.05, 0.1) is 11.6 Å². The first-order valence-electron chi connectivity index (χ1n) is 10.7. The van der Waals surface area contributed by atoms with Gasteiger partial charge in [0.25, 0.3) is 5.91 Å². The molecule has 1 saturated heterocycles. The Hall–Kier alpha value is -2.70. The Morgan fingerprint density at radius 3 is 2.66 bits per heavy atom. The summed E-state index contributed by atoms with van der Waals surface area (Å²) < 4.78 is 0. The van der Waals surface area contributed by atoms with E-state index in [2.05, 4.69) is 27.4 Å². The van der Waals surface area contributed by atoms with Crippen LogP contribution in [0, 0.1) is 11.8 Å². The van der Waals surface area contributed by atoms with Gasteiger partial charge in [-0.25, -0.2) is 0 Å². The van der Waals surface area contributed by atoms with Gasteiger partial charge in [-0.1, -0.05) is 6.92 Å². The molecule has 0 aromatic carbocycles. The average Bonchev–Trinajstić information content (AvgIpc) is 3.26. The third kappa shape index (κ3) is 4.66. The number of piperidine rings is 1. The first-order chi connectivity index (χ1) is 14.1. The number of carbonyl (C=O) groups excluding carboxylic acids is 2. The fraction of sp³-hybridized carbons (Fsp3) is 0.545. The van der Waals surface area contributed by atoms with Crippen molar-refractivity contribution >= 4 is 11.8 Å². The molecular weight excluding hydrogens is 366 g/mol. The Balaban J connectivity index is 1.36. The number of pyridine rings is 1. The summed E-state index contributed by atoms with van der Waals surface area (Å²) in [6.45, 7) is 3.42. The molecule has 2 fully saturated rings. The molecule has 2 N–H and O–H groups in total. The van der Waals surface area contributed by atoms with Crippen LogP contribution in [0.25, 0.3) is 11.3 Å². The quantitative estimate of drug-likeness (QED) is 0.832. The van der Waals surface area contributed by atoms with E-state index >= 15 is 0 Å². The fourth-order valence-electron chi connectivity index (χ4n) is 4.37. The number of rotatable bonds is 4. The lowest BCUT2D eigenvalue weighted by Gasteiger charge is -2.33. The zero-order valence-electron chi connectivity index (χ0n) is 16.9. The Labute approximate surface area is 171 Å². The van der Waals surface area contributed by atoms with E-state index in [0.717, 1.165) is 37.2 Å². The molecule has 3 heterocycles. The predicted molar refractivity (Wildman–Crippen MR) is 110 cm³/mol. The van der Waals surface area contributed by atoms with Crippen molar-refractivity contribution in [3.63, 3.8) is 0 Å². The van der Waals surface area contributed by atoms with Crippen LogP contribution in [0.1, 0.15) is 55.9 Å². The highest BCUT2D eigenvalue weighted by Gasteiger charge is 2.31. The molecular formula is C22H29N5O2. The minimum Gasteiger partial charge on any atom is -0.353 e. The number of carbonyl (C=O) groups is 2. The minimum atomic E-state index is -0.130. The lowest BCUT2D eigenvalue weighted by molar-refractivity contribution is -0.127. The van der Waals surface area contributed by atoms with Gasteiger partial charge in [0.15, 0.2) is 0 Å². The van der Waals surface area contributed by atoms with Gasteiger partial charge in [0, 0.05) is 37.1 Å². The number of nitrogens with zero attached hydrogens (tertiary/aromatic N) is 3. The average molecular weight is 396 g/mol. The molecule has 1 aliphatic heterocycles. The van der Waals surface area contributed by atoms with Crippen LogP contribution in [-0.4, -0.2) is 51.0 Å². The van der Waals surface area contributed by atoms with Gasteiger partial charge in [0.1, 0.15) is 5.69 Å². The van der Waals surface area contributed by atoms with Crippen molar-refractivity contribution in [1.29, 1.82) is 0 Å². The number of aromatic amines is 1. The number of hydrogen-bond donors (Lipinski definition) is 2. The molecule has 1 atom stereocenters. The SMILES string of the molecule is CC1CCC(NC(=O)[C@H]2CCCN(C(=O)c3cc(-c4ccncc4)n[nH]3)C2)CC1. The van der Waals surface area contributed by atoms with Crippen LogP contribution >= 0.6 is 0 Å². The van der Waals surface area contributed by atoms with Crippen LogP contribution in [0.5, 0.6) is 0 Å². The van der Waals surface area contributed by atoms with Gasteiger partial charge < -0.3 is 10.2 Å². The molecule has 29 heavy (non-hydrogen) atoms. The summed E-state index contributed by atoms with van der Waals surface area (Å²) in [6, 6.07) is 5.78. The molecule has 154 valence electrons. The molecule has 0 spiro atoms. The number of hydrogen-bond acceptors (Lipinski definition) is 4. The van der Waals surface area contributed by atoms with Crippen molar-refractivity contribution in [2.24, 2.45) is 11.8 Å². The van der Waals surface area contributed by atoms with E-state index in [1.807, 2.05) is 12.1 Å². The third-order valence-electron chi connectivity index (χ3n) is 6.23. The van der Waals surface area contributed by atoms with E-state index in [0.29, 0.717) is 30.5 Å². The maximum atomic E-state index is 12.9. The van der Waals surface area contributed by atoms with E-state index in [1.54, 1.807) is 23.4 Å². The highest BCUT2D eigenvalue weighted by atomic mass is 16.2. The van der Waals surface area contributed by atoms with Crippen LogP contribution in [0.4, 0.5) is 0 Å². The summed E-state index contributed by atoms with van der Waals surface area (Å²) in [5.41, 5.74) is 2.08. The van der Waals surface area contributed by atoms with Gasteiger partial charge >= 0.3 is 0 Å². The summed E-state index contributed by atoms with van der Waals surface area (Å²) in [6.07, 6.45) is 9.57.